The van der Waals surface area contributed by atoms with Crippen molar-refractivity contribution in [1.82, 2.24) is 0 Å². The topological polar surface area (TPSA) is 98.5 Å². The molecule has 0 aliphatic rings. The monoisotopic (exact) mass is 384 g/mol. The van der Waals surface area contributed by atoms with Crippen molar-refractivity contribution in [2.75, 3.05) is 4.72 Å². The molecular formula is C19H16N2O5S. The Labute approximate surface area is 156 Å². The van der Waals surface area contributed by atoms with E-state index in [1.165, 1.54) is 30.3 Å². The summed E-state index contributed by atoms with van der Waals surface area (Å²) in [4.78, 5) is 10.3. The Morgan fingerprint density at radius 1 is 0.926 bits per heavy atom. The van der Waals surface area contributed by atoms with E-state index in [-0.39, 0.29) is 16.3 Å². The highest BCUT2D eigenvalue weighted by Crippen LogP contribution is 2.26. The van der Waals surface area contributed by atoms with Crippen molar-refractivity contribution in [3.63, 3.8) is 0 Å². The fourth-order valence-corrected chi connectivity index (χ4v) is 3.47. The molecule has 0 spiro atoms. The van der Waals surface area contributed by atoms with Gasteiger partial charge >= 0.3 is 0 Å². The van der Waals surface area contributed by atoms with Crippen molar-refractivity contribution in [1.29, 1.82) is 0 Å². The van der Waals surface area contributed by atoms with E-state index in [9.17, 15) is 18.5 Å². The molecule has 3 rings (SSSR count). The largest absolute Gasteiger partial charge is 0.457 e. The Morgan fingerprint density at radius 3 is 2.19 bits per heavy atom. The van der Waals surface area contributed by atoms with Gasteiger partial charge in [0, 0.05) is 12.1 Å². The maximum atomic E-state index is 12.6. The molecular weight excluding hydrogens is 368 g/mol. The molecule has 138 valence electrons. The van der Waals surface area contributed by atoms with E-state index in [4.69, 9.17) is 4.74 Å². The zero-order valence-electron chi connectivity index (χ0n) is 14.3. The summed E-state index contributed by atoms with van der Waals surface area (Å²) in [6.45, 7) is 1.67. The summed E-state index contributed by atoms with van der Waals surface area (Å²) in [5.41, 5.74) is 0.548. The molecule has 0 saturated heterocycles. The number of anilines is 1. The number of hydrogen-bond donors (Lipinski definition) is 1. The number of sulfonamides is 1. The molecule has 27 heavy (non-hydrogen) atoms. The first kappa shape index (κ1) is 18.4. The molecule has 0 fully saturated rings. The molecule has 1 N–H and O–H groups in total. The van der Waals surface area contributed by atoms with Gasteiger partial charge in [0.2, 0.25) is 0 Å². The van der Waals surface area contributed by atoms with Gasteiger partial charge in [-0.05, 0) is 48.9 Å². The summed E-state index contributed by atoms with van der Waals surface area (Å²) >= 11 is 0. The SMILES string of the molecule is Cc1ccc([N+](=O)[O-])cc1NS(=O)(=O)c1ccc(Oc2ccccc2)cc1. The Morgan fingerprint density at radius 2 is 1.56 bits per heavy atom. The molecule has 0 atom stereocenters. The molecule has 0 aromatic heterocycles. The van der Waals surface area contributed by atoms with E-state index in [2.05, 4.69) is 4.72 Å². The highest BCUT2D eigenvalue weighted by molar-refractivity contribution is 7.92. The van der Waals surface area contributed by atoms with Crippen LogP contribution in [0.15, 0.2) is 77.7 Å². The summed E-state index contributed by atoms with van der Waals surface area (Å²) in [5, 5.41) is 10.9. The van der Waals surface area contributed by atoms with Crippen LogP contribution in [0, 0.1) is 17.0 Å². The van der Waals surface area contributed by atoms with Crippen molar-refractivity contribution in [3.05, 3.63) is 88.5 Å². The molecule has 0 heterocycles. The number of hydrogen-bond acceptors (Lipinski definition) is 5. The third kappa shape index (κ3) is 4.42. The predicted octanol–water partition coefficient (Wildman–Crippen LogP) is 4.50. The van der Waals surface area contributed by atoms with Gasteiger partial charge in [0.25, 0.3) is 15.7 Å². The van der Waals surface area contributed by atoms with Gasteiger partial charge in [0.15, 0.2) is 0 Å². The second-order valence-corrected chi connectivity index (χ2v) is 7.43. The number of non-ortho nitro benzene ring substituents is 1. The highest BCUT2D eigenvalue weighted by Gasteiger charge is 2.17. The minimum absolute atomic E-state index is 0.0221. The maximum Gasteiger partial charge on any atom is 0.271 e. The van der Waals surface area contributed by atoms with Crippen molar-refractivity contribution >= 4 is 21.4 Å². The molecule has 3 aromatic rings. The smallest absolute Gasteiger partial charge is 0.271 e. The van der Waals surface area contributed by atoms with Gasteiger partial charge in [-0.15, -0.1) is 0 Å². The van der Waals surface area contributed by atoms with Gasteiger partial charge in [-0.1, -0.05) is 24.3 Å². The molecule has 3 aromatic carbocycles. The standard InChI is InChI=1S/C19H16N2O5S/c1-14-7-8-15(21(22)23)13-19(14)20-27(24,25)18-11-9-17(10-12-18)26-16-5-3-2-4-6-16/h2-13,20H,1H3. The van der Waals surface area contributed by atoms with Crippen LogP contribution in [0.25, 0.3) is 0 Å². The molecule has 7 nitrogen and oxygen atoms in total. The molecule has 0 amide bonds. The van der Waals surface area contributed by atoms with Gasteiger partial charge in [-0.25, -0.2) is 8.42 Å². The van der Waals surface area contributed by atoms with Crippen LogP contribution in [-0.2, 0) is 10.0 Å². The summed E-state index contributed by atoms with van der Waals surface area (Å²) < 4.78 is 33.2. The van der Waals surface area contributed by atoms with Crippen LogP contribution in [0.5, 0.6) is 11.5 Å². The third-order valence-corrected chi connectivity index (χ3v) is 5.17. The summed E-state index contributed by atoms with van der Waals surface area (Å²) in [5.74, 6) is 1.13. The number of nitrogens with zero attached hydrogens (tertiary/aromatic N) is 1. The van der Waals surface area contributed by atoms with Crippen molar-refractivity contribution in [3.8, 4) is 11.5 Å². The van der Waals surface area contributed by atoms with Gasteiger partial charge < -0.3 is 4.74 Å². The van der Waals surface area contributed by atoms with Crippen LogP contribution in [0.3, 0.4) is 0 Å². The van der Waals surface area contributed by atoms with Gasteiger partial charge in [0.05, 0.1) is 15.5 Å². The summed E-state index contributed by atoms with van der Waals surface area (Å²) in [6.07, 6.45) is 0. The molecule has 0 unspecified atom stereocenters. The van der Waals surface area contributed by atoms with Gasteiger partial charge in [-0.2, -0.15) is 0 Å². The quantitative estimate of drug-likeness (QED) is 0.498. The first-order chi connectivity index (χ1) is 12.8. The molecule has 0 bridgehead atoms. The number of para-hydroxylation sites is 1. The third-order valence-electron chi connectivity index (χ3n) is 3.79. The summed E-state index contributed by atoms with van der Waals surface area (Å²) in [7, 11) is -3.90. The van der Waals surface area contributed by atoms with Gasteiger partial charge in [-0.3, -0.25) is 14.8 Å². The predicted molar refractivity (Wildman–Crippen MR) is 102 cm³/mol. The highest BCUT2D eigenvalue weighted by atomic mass is 32.2. The van der Waals surface area contributed by atoms with Crippen LogP contribution in [0.4, 0.5) is 11.4 Å². The summed E-state index contributed by atoms with van der Waals surface area (Å²) in [6, 6.07) is 19.0. The Hall–Kier alpha value is -3.39. The van der Waals surface area contributed by atoms with Crippen LogP contribution in [-0.4, -0.2) is 13.3 Å². The van der Waals surface area contributed by atoms with Crippen molar-refractivity contribution in [2.24, 2.45) is 0 Å². The van der Waals surface area contributed by atoms with Gasteiger partial charge in [0.1, 0.15) is 11.5 Å². The lowest BCUT2D eigenvalue weighted by atomic mass is 10.2. The van der Waals surface area contributed by atoms with Crippen LogP contribution in [0.1, 0.15) is 5.56 Å². The minimum Gasteiger partial charge on any atom is -0.457 e. The minimum atomic E-state index is -3.90. The zero-order valence-corrected chi connectivity index (χ0v) is 15.1. The van der Waals surface area contributed by atoms with Crippen molar-refractivity contribution in [2.45, 2.75) is 11.8 Å². The van der Waals surface area contributed by atoms with Crippen molar-refractivity contribution < 1.29 is 18.1 Å². The van der Waals surface area contributed by atoms with Crippen LogP contribution < -0.4 is 9.46 Å². The van der Waals surface area contributed by atoms with Crippen LogP contribution >= 0.6 is 0 Å². The number of nitrogens with one attached hydrogen (secondary N) is 1. The van der Waals surface area contributed by atoms with E-state index in [1.807, 2.05) is 18.2 Å². The lowest BCUT2D eigenvalue weighted by Crippen LogP contribution is -2.13. The Kier molecular flexibility index (Phi) is 5.09. The average molecular weight is 384 g/mol. The molecule has 0 radical (unpaired) electrons. The Bertz CT molecular complexity index is 1070. The fraction of sp³-hybridized carbons (Fsp3) is 0.0526. The maximum absolute atomic E-state index is 12.6. The number of ether oxygens (including phenoxy) is 1. The molecule has 8 heteroatoms. The number of benzene rings is 3. The Balaban J connectivity index is 1.81. The fourth-order valence-electron chi connectivity index (χ4n) is 2.35. The van der Waals surface area contributed by atoms with E-state index in [0.29, 0.717) is 17.1 Å². The normalized spacial score (nSPS) is 11.0. The number of nitro benzene ring substituents is 1. The number of rotatable bonds is 6. The van der Waals surface area contributed by atoms with E-state index in [1.54, 1.807) is 31.2 Å². The molecule has 0 saturated carbocycles. The zero-order chi connectivity index (χ0) is 19.4. The second-order valence-electron chi connectivity index (χ2n) is 5.75. The van der Waals surface area contributed by atoms with E-state index in [0.717, 1.165) is 0 Å². The first-order valence-corrected chi connectivity index (χ1v) is 9.44. The van der Waals surface area contributed by atoms with E-state index >= 15 is 0 Å². The molecule has 0 aliphatic carbocycles. The first-order valence-electron chi connectivity index (χ1n) is 7.96. The number of nitro groups is 1. The second kappa shape index (κ2) is 7.46. The lowest BCUT2D eigenvalue weighted by Gasteiger charge is -2.11. The van der Waals surface area contributed by atoms with Crippen LogP contribution in [0.2, 0.25) is 0 Å². The molecule has 0 aliphatic heterocycles. The number of aryl methyl sites for hydroxylation is 1. The average Bonchev–Trinajstić information content (AvgIpc) is 2.64. The van der Waals surface area contributed by atoms with E-state index < -0.39 is 14.9 Å². The lowest BCUT2D eigenvalue weighted by molar-refractivity contribution is -0.384.